The molecule has 0 saturated heterocycles. The van der Waals surface area contributed by atoms with Crippen molar-refractivity contribution in [1.29, 1.82) is 0 Å². The Morgan fingerprint density at radius 1 is 1.38 bits per heavy atom. The molecule has 0 heterocycles. The molecule has 1 saturated carbocycles. The van der Waals surface area contributed by atoms with Crippen molar-refractivity contribution in [2.24, 2.45) is 17.3 Å². The first kappa shape index (κ1) is 6.12. The lowest BCUT2D eigenvalue weighted by Crippen LogP contribution is -1.87. The first-order valence-electron chi connectivity index (χ1n) is 3.60. The van der Waals surface area contributed by atoms with Crippen LogP contribution in [-0.2, 0) is 0 Å². The van der Waals surface area contributed by atoms with Crippen molar-refractivity contribution in [2.75, 3.05) is 0 Å². The Labute approximate surface area is 52.3 Å². The van der Waals surface area contributed by atoms with E-state index in [1.54, 1.807) is 0 Å². The normalized spacial score (nSPS) is 42.0. The van der Waals surface area contributed by atoms with E-state index in [1.807, 2.05) is 0 Å². The number of hydrogen-bond acceptors (Lipinski definition) is 0. The highest BCUT2D eigenvalue weighted by molar-refractivity contribution is 5.01. The van der Waals surface area contributed by atoms with E-state index >= 15 is 0 Å². The molecule has 0 spiro atoms. The number of hydrogen-bond donors (Lipinski definition) is 0. The van der Waals surface area contributed by atoms with Crippen LogP contribution in [0.2, 0.25) is 0 Å². The summed E-state index contributed by atoms with van der Waals surface area (Å²) in [4.78, 5) is 0. The summed E-state index contributed by atoms with van der Waals surface area (Å²) in [5.74, 6) is 2.00. The van der Waals surface area contributed by atoms with Gasteiger partial charge >= 0.3 is 0 Å². The van der Waals surface area contributed by atoms with Crippen LogP contribution in [0.1, 0.15) is 34.1 Å². The Kier molecular flexibility index (Phi) is 1.14. The third kappa shape index (κ3) is 0.586. The van der Waals surface area contributed by atoms with Crippen LogP contribution < -0.4 is 0 Å². The molecule has 0 N–H and O–H groups in total. The van der Waals surface area contributed by atoms with Gasteiger partial charge in [0.25, 0.3) is 0 Å². The molecule has 0 aromatic carbocycles. The van der Waals surface area contributed by atoms with Gasteiger partial charge in [-0.2, -0.15) is 0 Å². The maximum Gasteiger partial charge on any atom is -0.0295 e. The van der Waals surface area contributed by atoms with Gasteiger partial charge in [0.2, 0.25) is 0 Å². The van der Waals surface area contributed by atoms with Crippen LogP contribution in [0.25, 0.3) is 0 Å². The Morgan fingerprint density at radius 3 is 1.75 bits per heavy atom. The van der Waals surface area contributed by atoms with E-state index in [0.29, 0.717) is 5.41 Å². The second kappa shape index (κ2) is 1.49. The van der Waals surface area contributed by atoms with Crippen LogP contribution >= 0.6 is 0 Å². The Bertz CT molecular complexity index is 92.2. The maximum absolute atomic E-state index is 2.37. The molecule has 0 amide bonds. The standard InChI is InChI=1S/C8H16/c1-5-7-6(2)8(7,3)4/h6-7H,5H2,1-4H3. The zero-order valence-electron chi connectivity index (χ0n) is 6.36. The highest BCUT2D eigenvalue weighted by Crippen LogP contribution is 2.59. The van der Waals surface area contributed by atoms with Crippen molar-refractivity contribution in [3.63, 3.8) is 0 Å². The molecule has 0 radical (unpaired) electrons. The fourth-order valence-electron chi connectivity index (χ4n) is 1.90. The third-order valence-electron chi connectivity index (χ3n) is 3.06. The van der Waals surface area contributed by atoms with Gasteiger partial charge in [0.15, 0.2) is 0 Å². The summed E-state index contributed by atoms with van der Waals surface area (Å²) in [6, 6.07) is 0. The Balaban J connectivity index is 2.45. The molecule has 0 aliphatic heterocycles. The van der Waals surface area contributed by atoms with Crippen LogP contribution in [0, 0.1) is 17.3 Å². The molecule has 0 heteroatoms. The Morgan fingerprint density at radius 2 is 1.75 bits per heavy atom. The van der Waals surface area contributed by atoms with Crippen LogP contribution in [0.3, 0.4) is 0 Å². The lowest BCUT2D eigenvalue weighted by molar-refractivity contribution is 0.537. The van der Waals surface area contributed by atoms with E-state index in [-0.39, 0.29) is 0 Å². The molecule has 2 unspecified atom stereocenters. The van der Waals surface area contributed by atoms with E-state index in [2.05, 4.69) is 27.7 Å². The molecule has 1 fully saturated rings. The first-order valence-corrected chi connectivity index (χ1v) is 3.60. The molecular weight excluding hydrogens is 96.1 g/mol. The van der Waals surface area contributed by atoms with Crippen LogP contribution in [-0.4, -0.2) is 0 Å². The van der Waals surface area contributed by atoms with Crippen molar-refractivity contribution in [2.45, 2.75) is 34.1 Å². The van der Waals surface area contributed by atoms with Crippen molar-refractivity contribution < 1.29 is 0 Å². The van der Waals surface area contributed by atoms with Gasteiger partial charge in [0.05, 0.1) is 0 Å². The summed E-state index contributed by atoms with van der Waals surface area (Å²) in [6.45, 7) is 9.38. The average Bonchev–Trinajstić information content (AvgIpc) is 2.09. The summed E-state index contributed by atoms with van der Waals surface area (Å²) in [7, 11) is 0. The van der Waals surface area contributed by atoms with E-state index in [9.17, 15) is 0 Å². The molecule has 1 aliphatic rings. The van der Waals surface area contributed by atoms with Gasteiger partial charge in [-0.15, -0.1) is 0 Å². The summed E-state index contributed by atoms with van der Waals surface area (Å²) in [6.07, 6.45) is 1.37. The predicted octanol–water partition coefficient (Wildman–Crippen LogP) is 2.69. The molecule has 8 heavy (non-hydrogen) atoms. The second-order valence-corrected chi connectivity index (χ2v) is 3.62. The summed E-state index contributed by atoms with van der Waals surface area (Å²) in [5.41, 5.74) is 0.675. The van der Waals surface area contributed by atoms with Gasteiger partial charge in [0.1, 0.15) is 0 Å². The fourth-order valence-corrected chi connectivity index (χ4v) is 1.90. The minimum atomic E-state index is 0.675. The van der Waals surface area contributed by atoms with Crippen molar-refractivity contribution in [3.05, 3.63) is 0 Å². The highest BCUT2D eigenvalue weighted by Gasteiger charge is 2.52. The molecule has 0 nitrogen and oxygen atoms in total. The minimum Gasteiger partial charge on any atom is -0.0651 e. The predicted molar refractivity (Wildman–Crippen MR) is 36.7 cm³/mol. The highest BCUT2D eigenvalue weighted by atomic mass is 14.6. The number of rotatable bonds is 1. The largest absolute Gasteiger partial charge is 0.0651 e. The first-order chi connectivity index (χ1) is 3.60. The molecule has 0 aromatic rings. The van der Waals surface area contributed by atoms with Gasteiger partial charge in [-0.05, 0) is 17.3 Å². The van der Waals surface area contributed by atoms with Crippen LogP contribution in [0.5, 0.6) is 0 Å². The quantitative estimate of drug-likeness (QED) is 0.489. The zero-order valence-corrected chi connectivity index (χ0v) is 6.36. The average molecular weight is 112 g/mol. The van der Waals surface area contributed by atoms with Gasteiger partial charge in [0, 0.05) is 0 Å². The topological polar surface area (TPSA) is 0 Å². The lowest BCUT2D eigenvalue weighted by Gasteiger charge is -1.96. The minimum absolute atomic E-state index is 0.675. The van der Waals surface area contributed by atoms with E-state index < -0.39 is 0 Å². The van der Waals surface area contributed by atoms with Gasteiger partial charge < -0.3 is 0 Å². The summed E-state index contributed by atoms with van der Waals surface area (Å²) in [5, 5.41) is 0. The van der Waals surface area contributed by atoms with Crippen molar-refractivity contribution in [3.8, 4) is 0 Å². The zero-order chi connectivity index (χ0) is 6.36. The van der Waals surface area contributed by atoms with Gasteiger partial charge in [-0.25, -0.2) is 0 Å². The monoisotopic (exact) mass is 112 g/mol. The summed E-state index contributed by atoms with van der Waals surface area (Å²) < 4.78 is 0. The van der Waals surface area contributed by atoms with Crippen molar-refractivity contribution in [1.82, 2.24) is 0 Å². The lowest BCUT2D eigenvalue weighted by atomic mass is 10.1. The molecule has 0 aromatic heterocycles. The van der Waals surface area contributed by atoms with E-state index in [1.165, 1.54) is 6.42 Å². The van der Waals surface area contributed by atoms with Crippen LogP contribution in [0.4, 0.5) is 0 Å². The molecular formula is C8H16. The maximum atomic E-state index is 2.37. The van der Waals surface area contributed by atoms with Crippen LogP contribution in [0.15, 0.2) is 0 Å². The van der Waals surface area contributed by atoms with E-state index in [0.717, 1.165) is 11.8 Å². The van der Waals surface area contributed by atoms with Crippen molar-refractivity contribution >= 4 is 0 Å². The van der Waals surface area contributed by atoms with Gasteiger partial charge in [-0.3, -0.25) is 0 Å². The van der Waals surface area contributed by atoms with E-state index in [4.69, 9.17) is 0 Å². The molecule has 0 bridgehead atoms. The Hall–Kier alpha value is 0. The second-order valence-electron chi connectivity index (χ2n) is 3.62. The smallest absolute Gasteiger partial charge is 0.0295 e. The molecule has 2 atom stereocenters. The molecule has 1 rings (SSSR count). The van der Waals surface area contributed by atoms with Gasteiger partial charge in [-0.1, -0.05) is 34.1 Å². The fraction of sp³-hybridized carbons (Fsp3) is 1.00. The SMILES string of the molecule is CCC1C(C)C1(C)C. The molecule has 48 valence electrons. The third-order valence-corrected chi connectivity index (χ3v) is 3.06. The molecule has 1 aliphatic carbocycles. The summed E-state index contributed by atoms with van der Waals surface area (Å²) >= 11 is 0.